The molecular formula is C24H30N2O4. The summed E-state index contributed by atoms with van der Waals surface area (Å²) in [7, 11) is 3.12. The van der Waals surface area contributed by atoms with Gasteiger partial charge in [-0.25, -0.2) is 0 Å². The van der Waals surface area contributed by atoms with Crippen molar-refractivity contribution in [2.24, 2.45) is 11.3 Å². The number of rotatable bonds is 6. The fourth-order valence-electron chi connectivity index (χ4n) is 4.28. The van der Waals surface area contributed by atoms with Gasteiger partial charge in [-0.3, -0.25) is 9.59 Å². The van der Waals surface area contributed by atoms with E-state index >= 15 is 0 Å². The van der Waals surface area contributed by atoms with Crippen LogP contribution in [0.3, 0.4) is 0 Å². The summed E-state index contributed by atoms with van der Waals surface area (Å²) in [6.07, 6.45) is 5.78. The minimum absolute atomic E-state index is 0.0333. The van der Waals surface area contributed by atoms with Gasteiger partial charge in [0, 0.05) is 17.9 Å². The van der Waals surface area contributed by atoms with E-state index in [1.165, 1.54) is 4.68 Å². The molecule has 30 heavy (non-hydrogen) atoms. The van der Waals surface area contributed by atoms with Gasteiger partial charge in [0.05, 0.1) is 31.2 Å². The molecule has 1 heterocycles. The van der Waals surface area contributed by atoms with E-state index < -0.39 is 0 Å². The second kappa shape index (κ2) is 7.89. The summed E-state index contributed by atoms with van der Waals surface area (Å²) in [5.41, 5.74) is 1.57. The van der Waals surface area contributed by atoms with E-state index in [1.54, 1.807) is 38.5 Å². The van der Waals surface area contributed by atoms with Gasteiger partial charge >= 0.3 is 0 Å². The Hall–Kier alpha value is -2.63. The second-order valence-corrected chi connectivity index (χ2v) is 9.32. The van der Waals surface area contributed by atoms with Crippen molar-refractivity contribution in [2.75, 3.05) is 14.2 Å². The number of nitrogens with zero attached hydrogens (tertiary/aromatic N) is 2. The molecular weight excluding hydrogens is 380 g/mol. The van der Waals surface area contributed by atoms with Crippen LogP contribution in [0, 0.1) is 11.3 Å². The lowest BCUT2D eigenvalue weighted by Crippen LogP contribution is -2.33. The van der Waals surface area contributed by atoms with Crippen molar-refractivity contribution in [3.05, 3.63) is 45.9 Å². The first-order chi connectivity index (χ1) is 14.3. The van der Waals surface area contributed by atoms with Gasteiger partial charge in [0.25, 0.3) is 5.56 Å². The molecule has 160 valence electrons. The van der Waals surface area contributed by atoms with E-state index in [2.05, 4.69) is 18.9 Å². The number of aromatic nitrogens is 2. The molecule has 0 bridgehead atoms. The topological polar surface area (TPSA) is 70.4 Å². The zero-order chi connectivity index (χ0) is 21.5. The zero-order valence-corrected chi connectivity index (χ0v) is 18.2. The van der Waals surface area contributed by atoms with Crippen molar-refractivity contribution in [3.63, 3.8) is 0 Å². The molecule has 0 radical (unpaired) electrons. The summed E-state index contributed by atoms with van der Waals surface area (Å²) < 4.78 is 12.0. The number of methoxy groups -OCH3 is 2. The summed E-state index contributed by atoms with van der Waals surface area (Å²) in [4.78, 5) is 26.7. The third-order valence-corrected chi connectivity index (χ3v) is 6.51. The number of hydrogen-bond donors (Lipinski definition) is 0. The van der Waals surface area contributed by atoms with Crippen LogP contribution in [0.4, 0.5) is 0 Å². The molecule has 1 aromatic heterocycles. The number of ketones is 1. The Morgan fingerprint density at radius 3 is 2.30 bits per heavy atom. The lowest BCUT2D eigenvalue weighted by molar-refractivity contribution is 0.0835. The van der Waals surface area contributed by atoms with Gasteiger partial charge in [0.15, 0.2) is 17.3 Å². The summed E-state index contributed by atoms with van der Waals surface area (Å²) >= 11 is 0. The number of carbonyl (C=O) groups is 1. The number of carbonyl (C=O) groups excluding carboxylic acids is 1. The average Bonchev–Trinajstić information content (AvgIpc) is 3.58. The first kappa shape index (κ1) is 20.6. The summed E-state index contributed by atoms with van der Waals surface area (Å²) in [5, 5.41) is 4.60. The monoisotopic (exact) mass is 410 g/mol. The fraction of sp³-hybridized carbons (Fsp3) is 0.542. The summed E-state index contributed by atoms with van der Waals surface area (Å²) in [6.45, 7) is 4.49. The molecule has 0 unspecified atom stereocenters. The summed E-state index contributed by atoms with van der Waals surface area (Å²) in [6, 6.07) is 6.99. The molecule has 6 nitrogen and oxygen atoms in total. The standard InChI is InChI=1S/C24H30N2O4/c1-24(2)11-9-16(10-12-24)22(27)18-14-19(15-5-6-15)25-26(23(18)28)17-7-8-20(29-3)21(13-17)30-4/h7-8,13-16H,5-6,9-12H2,1-4H3. The first-order valence-corrected chi connectivity index (χ1v) is 10.7. The minimum Gasteiger partial charge on any atom is -0.493 e. The lowest BCUT2D eigenvalue weighted by atomic mass is 9.71. The fourth-order valence-corrected chi connectivity index (χ4v) is 4.28. The van der Waals surface area contributed by atoms with Crippen molar-refractivity contribution >= 4 is 5.78 Å². The first-order valence-electron chi connectivity index (χ1n) is 10.7. The predicted molar refractivity (Wildman–Crippen MR) is 115 cm³/mol. The SMILES string of the molecule is COc1ccc(-n2nc(C3CC3)cc(C(=O)C3CCC(C)(C)CC3)c2=O)cc1OC. The Bertz CT molecular complexity index is 1010. The molecule has 0 spiro atoms. The Balaban J connectivity index is 1.75. The number of benzene rings is 1. The van der Waals surface area contributed by atoms with Crippen LogP contribution in [-0.2, 0) is 0 Å². The Labute approximate surface area is 177 Å². The Morgan fingerprint density at radius 1 is 1.03 bits per heavy atom. The van der Waals surface area contributed by atoms with Crippen LogP contribution in [0.1, 0.15) is 74.3 Å². The molecule has 6 heteroatoms. The molecule has 2 fully saturated rings. The molecule has 2 saturated carbocycles. The van der Waals surface area contributed by atoms with Gasteiger partial charge in [-0.1, -0.05) is 13.8 Å². The third-order valence-electron chi connectivity index (χ3n) is 6.51. The van der Waals surface area contributed by atoms with E-state index in [0.717, 1.165) is 44.2 Å². The van der Waals surface area contributed by atoms with Crippen LogP contribution in [0.15, 0.2) is 29.1 Å². The quantitative estimate of drug-likeness (QED) is 0.655. The molecule has 0 N–H and O–H groups in total. The van der Waals surface area contributed by atoms with Crippen molar-refractivity contribution < 1.29 is 14.3 Å². The maximum absolute atomic E-state index is 13.3. The molecule has 2 aliphatic carbocycles. The van der Waals surface area contributed by atoms with Gasteiger partial charge in [-0.2, -0.15) is 9.78 Å². The van der Waals surface area contributed by atoms with E-state index in [-0.39, 0.29) is 28.2 Å². The van der Waals surface area contributed by atoms with Gasteiger partial charge in [0.2, 0.25) is 0 Å². The van der Waals surface area contributed by atoms with Gasteiger partial charge in [-0.15, -0.1) is 0 Å². The molecule has 0 aliphatic heterocycles. The maximum Gasteiger partial charge on any atom is 0.282 e. The highest BCUT2D eigenvalue weighted by Crippen LogP contribution is 2.41. The van der Waals surface area contributed by atoms with Crippen molar-refractivity contribution in [3.8, 4) is 17.2 Å². The second-order valence-electron chi connectivity index (χ2n) is 9.32. The number of ether oxygens (including phenoxy) is 2. The highest BCUT2D eigenvalue weighted by atomic mass is 16.5. The van der Waals surface area contributed by atoms with Gasteiger partial charge in [0.1, 0.15) is 0 Å². The molecule has 2 aliphatic rings. The van der Waals surface area contributed by atoms with Gasteiger partial charge in [-0.05, 0) is 62.1 Å². The third kappa shape index (κ3) is 4.00. The highest BCUT2D eigenvalue weighted by Gasteiger charge is 2.34. The van der Waals surface area contributed by atoms with E-state index in [4.69, 9.17) is 9.47 Å². The van der Waals surface area contributed by atoms with Crippen LogP contribution >= 0.6 is 0 Å². The molecule has 0 saturated heterocycles. The van der Waals surface area contributed by atoms with Crippen LogP contribution in [0.25, 0.3) is 5.69 Å². The Kier molecular flexibility index (Phi) is 5.43. The van der Waals surface area contributed by atoms with Crippen LogP contribution in [0.2, 0.25) is 0 Å². The van der Waals surface area contributed by atoms with E-state index in [9.17, 15) is 9.59 Å². The average molecular weight is 411 g/mol. The van der Waals surface area contributed by atoms with Crippen molar-refractivity contribution in [2.45, 2.75) is 58.3 Å². The van der Waals surface area contributed by atoms with Crippen LogP contribution in [0.5, 0.6) is 11.5 Å². The highest BCUT2D eigenvalue weighted by molar-refractivity contribution is 5.97. The van der Waals surface area contributed by atoms with E-state index in [1.807, 2.05) is 0 Å². The van der Waals surface area contributed by atoms with Crippen LogP contribution < -0.4 is 15.0 Å². The summed E-state index contributed by atoms with van der Waals surface area (Å²) in [5.74, 6) is 1.30. The zero-order valence-electron chi connectivity index (χ0n) is 18.2. The predicted octanol–water partition coefficient (Wildman–Crippen LogP) is 4.53. The van der Waals surface area contributed by atoms with E-state index in [0.29, 0.717) is 23.1 Å². The van der Waals surface area contributed by atoms with Crippen molar-refractivity contribution in [1.82, 2.24) is 9.78 Å². The molecule has 0 atom stereocenters. The molecule has 0 amide bonds. The molecule has 4 rings (SSSR count). The maximum atomic E-state index is 13.3. The smallest absolute Gasteiger partial charge is 0.282 e. The molecule has 2 aromatic rings. The molecule has 1 aromatic carbocycles. The lowest BCUT2D eigenvalue weighted by Gasteiger charge is -2.33. The minimum atomic E-state index is -0.360. The van der Waals surface area contributed by atoms with Gasteiger partial charge < -0.3 is 9.47 Å². The van der Waals surface area contributed by atoms with Crippen molar-refractivity contribution in [1.29, 1.82) is 0 Å². The number of hydrogen-bond acceptors (Lipinski definition) is 5. The number of Topliss-reactive ketones (excluding diaryl/α,β-unsaturated/α-hetero) is 1. The normalized spacial score (nSPS) is 18.8. The Morgan fingerprint density at radius 2 is 1.70 bits per heavy atom. The largest absolute Gasteiger partial charge is 0.493 e. The van der Waals surface area contributed by atoms with Crippen LogP contribution in [-0.4, -0.2) is 29.8 Å².